The summed E-state index contributed by atoms with van der Waals surface area (Å²) in [7, 11) is 1.54. The van der Waals surface area contributed by atoms with Gasteiger partial charge in [-0.3, -0.25) is 0 Å². The van der Waals surface area contributed by atoms with E-state index in [-0.39, 0.29) is 5.69 Å². The number of methoxy groups -OCH3 is 1. The molecule has 92 valence electrons. The number of benzene rings is 1. The lowest BCUT2D eigenvalue weighted by molar-refractivity contribution is 0.0690. The number of hydrogen-bond acceptors (Lipinski definition) is 3. The molecule has 0 aliphatic heterocycles. The van der Waals surface area contributed by atoms with E-state index in [1.54, 1.807) is 18.2 Å². The minimum Gasteiger partial charge on any atom is -0.495 e. The monoisotopic (exact) mass is 263 g/mol. The number of carbonyl (C=O) groups is 1. The molecule has 1 heterocycles. The third-order valence-corrected chi connectivity index (χ3v) is 2.78. The number of aromatic carboxylic acids is 1. The van der Waals surface area contributed by atoms with Crippen LogP contribution in [0.15, 0.2) is 36.5 Å². The van der Waals surface area contributed by atoms with Gasteiger partial charge in [0.2, 0.25) is 0 Å². The number of carboxylic acid groups (broad SMARTS) is 1. The van der Waals surface area contributed by atoms with E-state index >= 15 is 0 Å². The fraction of sp³-hybridized carbons (Fsp3) is 0.0769. The van der Waals surface area contributed by atoms with Crippen LogP contribution in [0.2, 0.25) is 5.02 Å². The Labute approximate surface area is 109 Å². The number of aromatic nitrogens is 1. The molecule has 1 aromatic carbocycles. The van der Waals surface area contributed by atoms with Crippen molar-refractivity contribution in [3.63, 3.8) is 0 Å². The molecule has 0 amide bonds. The van der Waals surface area contributed by atoms with Crippen LogP contribution in [0, 0.1) is 0 Å². The van der Waals surface area contributed by atoms with Crippen molar-refractivity contribution in [3.05, 3.63) is 47.2 Å². The van der Waals surface area contributed by atoms with Crippen LogP contribution in [0.3, 0.4) is 0 Å². The van der Waals surface area contributed by atoms with Crippen molar-refractivity contribution >= 4 is 17.6 Å². The average molecular weight is 264 g/mol. The third kappa shape index (κ3) is 2.43. The summed E-state index contributed by atoms with van der Waals surface area (Å²) in [5.74, 6) is -0.480. The van der Waals surface area contributed by atoms with Gasteiger partial charge in [-0.2, -0.15) is 0 Å². The molecular formula is C13H10ClNO3. The Kier molecular flexibility index (Phi) is 3.48. The van der Waals surface area contributed by atoms with E-state index in [0.717, 1.165) is 11.1 Å². The van der Waals surface area contributed by atoms with Crippen molar-refractivity contribution in [1.29, 1.82) is 0 Å². The van der Waals surface area contributed by atoms with Crippen LogP contribution in [0.25, 0.3) is 11.1 Å². The van der Waals surface area contributed by atoms with Crippen LogP contribution < -0.4 is 4.74 Å². The molecule has 18 heavy (non-hydrogen) atoms. The van der Waals surface area contributed by atoms with E-state index in [4.69, 9.17) is 21.4 Å². The Hall–Kier alpha value is -2.07. The van der Waals surface area contributed by atoms with Gasteiger partial charge in [0.15, 0.2) is 0 Å². The maximum atomic E-state index is 10.7. The van der Waals surface area contributed by atoms with E-state index in [2.05, 4.69) is 4.98 Å². The Balaban J connectivity index is 2.39. The van der Waals surface area contributed by atoms with E-state index in [0.29, 0.717) is 10.8 Å². The molecule has 0 fully saturated rings. The van der Waals surface area contributed by atoms with Crippen LogP contribution in [0.5, 0.6) is 5.75 Å². The van der Waals surface area contributed by atoms with Crippen molar-refractivity contribution in [2.75, 3.05) is 7.11 Å². The highest BCUT2D eigenvalue weighted by Crippen LogP contribution is 2.30. The number of hydrogen-bond donors (Lipinski definition) is 1. The van der Waals surface area contributed by atoms with Crippen LogP contribution in [0.4, 0.5) is 0 Å². The molecule has 0 radical (unpaired) electrons. The summed E-state index contributed by atoms with van der Waals surface area (Å²) in [6.45, 7) is 0. The second kappa shape index (κ2) is 5.06. The van der Waals surface area contributed by atoms with E-state index in [1.165, 1.54) is 19.4 Å². The normalized spacial score (nSPS) is 10.1. The van der Waals surface area contributed by atoms with Gasteiger partial charge < -0.3 is 9.84 Å². The minimum atomic E-state index is -1.05. The molecule has 5 heteroatoms. The largest absolute Gasteiger partial charge is 0.495 e. The average Bonchev–Trinajstić information content (AvgIpc) is 2.39. The highest BCUT2D eigenvalue weighted by molar-refractivity contribution is 6.32. The minimum absolute atomic E-state index is 0.0136. The molecular weight excluding hydrogens is 254 g/mol. The number of ether oxygens (including phenoxy) is 1. The summed E-state index contributed by atoms with van der Waals surface area (Å²) in [5, 5.41) is 9.29. The fourth-order valence-electron chi connectivity index (χ4n) is 1.53. The Morgan fingerprint density at radius 1 is 1.28 bits per heavy atom. The van der Waals surface area contributed by atoms with E-state index in [1.807, 2.05) is 6.07 Å². The molecule has 0 atom stereocenters. The smallest absolute Gasteiger partial charge is 0.354 e. The standard InChI is InChI=1S/C13H10ClNO3/c1-18-12-6-8(2-4-10(12)14)9-3-5-11(13(16)17)15-7-9/h2-7H,1H3,(H,16,17). The zero-order valence-electron chi connectivity index (χ0n) is 9.55. The van der Waals surface area contributed by atoms with Crippen molar-refractivity contribution in [3.8, 4) is 16.9 Å². The van der Waals surface area contributed by atoms with Crippen molar-refractivity contribution in [1.82, 2.24) is 4.98 Å². The first kappa shape index (κ1) is 12.4. The number of rotatable bonds is 3. The lowest BCUT2D eigenvalue weighted by Crippen LogP contribution is -1.99. The maximum absolute atomic E-state index is 10.7. The molecule has 0 bridgehead atoms. The van der Waals surface area contributed by atoms with Gasteiger partial charge >= 0.3 is 5.97 Å². The SMILES string of the molecule is COc1cc(-c2ccc(C(=O)O)nc2)ccc1Cl. The van der Waals surface area contributed by atoms with Gasteiger partial charge in [-0.1, -0.05) is 23.7 Å². The molecule has 0 aliphatic rings. The zero-order chi connectivity index (χ0) is 13.1. The van der Waals surface area contributed by atoms with Crippen molar-refractivity contribution in [2.24, 2.45) is 0 Å². The van der Waals surface area contributed by atoms with Crippen molar-refractivity contribution < 1.29 is 14.6 Å². The van der Waals surface area contributed by atoms with Crippen LogP contribution in [0.1, 0.15) is 10.5 Å². The fourth-order valence-corrected chi connectivity index (χ4v) is 1.73. The topological polar surface area (TPSA) is 59.4 Å². The number of pyridine rings is 1. The number of nitrogens with zero attached hydrogens (tertiary/aromatic N) is 1. The Morgan fingerprint density at radius 2 is 2.00 bits per heavy atom. The van der Waals surface area contributed by atoms with Gasteiger partial charge in [0.1, 0.15) is 11.4 Å². The van der Waals surface area contributed by atoms with E-state index in [9.17, 15) is 4.79 Å². The molecule has 1 aromatic heterocycles. The first-order chi connectivity index (χ1) is 8.61. The zero-order valence-corrected chi connectivity index (χ0v) is 10.3. The van der Waals surface area contributed by atoms with Gasteiger partial charge in [-0.15, -0.1) is 0 Å². The summed E-state index contributed by atoms with van der Waals surface area (Å²) in [6, 6.07) is 8.47. The van der Waals surface area contributed by atoms with Gasteiger partial charge in [0.05, 0.1) is 12.1 Å². The molecule has 2 rings (SSSR count). The molecule has 0 unspecified atom stereocenters. The maximum Gasteiger partial charge on any atom is 0.354 e. The molecule has 0 saturated heterocycles. The highest BCUT2D eigenvalue weighted by atomic mass is 35.5. The summed E-state index contributed by atoms with van der Waals surface area (Å²) >= 11 is 5.93. The third-order valence-electron chi connectivity index (χ3n) is 2.47. The molecule has 2 aromatic rings. The lowest BCUT2D eigenvalue weighted by Gasteiger charge is -2.06. The van der Waals surface area contributed by atoms with Crippen LogP contribution in [-0.2, 0) is 0 Å². The van der Waals surface area contributed by atoms with Crippen LogP contribution >= 0.6 is 11.6 Å². The number of carboxylic acids is 1. The lowest BCUT2D eigenvalue weighted by atomic mass is 10.1. The van der Waals surface area contributed by atoms with Crippen molar-refractivity contribution in [2.45, 2.75) is 0 Å². The number of halogens is 1. The predicted octanol–water partition coefficient (Wildman–Crippen LogP) is 3.11. The highest BCUT2D eigenvalue weighted by Gasteiger charge is 2.07. The van der Waals surface area contributed by atoms with Gasteiger partial charge in [-0.05, 0) is 23.8 Å². The first-order valence-electron chi connectivity index (χ1n) is 5.15. The van der Waals surface area contributed by atoms with Gasteiger partial charge in [0, 0.05) is 11.8 Å². The summed E-state index contributed by atoms with van der Waals surface area (Å²) in [5.41, 5.74) is 1.68. The van der Waals surface area contributed by atoms with Gasteiger partial charge in [-0.25, -0.2) is 9.78 Å². The Morgan fingerprint density at radius 3 is 2.56 bits per heavy atom. The molecule has 0 aliphatic carbocycles. The molecule has 4 nitrogen and oxygen atoms in total. The van der Waals surface area contributed by atoms with E-state index < -0.39 is 5.97 Å². The second-order valence-electron chi connectivity index (χ2n) is 3.59. The quantitative estimate of drug-likeness (QED) is 0.924. The van der Waals surface area contributed by atoms with Gasteiger partial charge in [0.25, 0.3) is 0 Å². The summed E-state index contributed by atoms with van der Waals surface area (Å²) in [4.78, 5) is 14.6. The van der Waals surface area contributed by atoms with Crippen LogP contribution in [-0.4, -0.2) is 23.2 Å². The Bertz CT molecular complexity index is 581. The predicted molar refractivity (Wildman–Crippen MR) is 68.2 cm³/mol. The summed E-state index contributed by atoms with van der Waals surface area (Å²) < 4.78 is 5.12. The molecule has 0 spiro atoms. The molecule has 1 N–H and O–H groups in total. The molecule has 0 saturated carbocycles. The second-order valence-corrected chi connectivity index (χ2v) is 3.99. The first-order valence-corrected chi connectivity index (χ1v) is 5.53. The summed E-state index contributed by atoms with van der Waals surface area (Å²) in [6.07, 6.45) is 1.51.